The Morgan fingerprint density at radius 2 is 1.80 bits per heavy atom. The van der Waals surface area contributed by atoms with Crippen molar-refractivity contribution in [1.82, 2.24) is 9.97 Å². The molecule has 1 amide bonds. The van der Waals surface area contributed by atoms with E-state index in [0.29, 0.717) is 37.2 Å². The number of rotatable bonds is 7. The minimum absolute atomic E-state index is 0.000898. The van der Waals surface area contributed by atoms with E-state index in [1.165, 1.54) is 35.3 Å². The highest BCUT2D eigenvalue weighted by Gasteiger charge is 2.18. The van der Waals surface area contributed by atoms with E-state index in [9.17, 15) is 14.4 Å². The zero-order valence-corrected chi connectivity index (χ0v) is 23.7. The number of nitrogens with one attached hydrogen (secondary N) is 2. The first-order valence-electron chi connectivity index (χ1n) is 12.9. The number of fused-ring (bicyclic) bond motifs is 2. The maximum Gasteiger partial charge on any atom is 0.260 e. The van der Waals surface area contributed by atoms with Crippen molar-refractivity contribution in [3.8, 4) is 11.1 Å². The number of thioether (sulfide) groups is 1. The van der Waals surface area contributed by atoms with Gasteiger partial charge in [0.05, 0.1) is 16.8 Å². The molecule has 0 saturated heterocycles. The van der Waals surface area contributed by atoms with Gasteiger partial charge in [0.15, 0.2) is 10.9 Å². The smallest absolute Gasteiger partial charge is 0.260 e. The Bertz CT molecular complexity index is 1810. The molecule has 9 heteroatoms. The van der Waals surface area contributed by atoms with Gasteiger partial charge in [0, 0.05) is 27.1 Å². The van der Waals surface area contributed by atoms with Gasteiger partial charge in [-0.2, -0.15) is 0 Å². The second-order valence-corrected chi connectivity index (χ2v) is 11.9. The zero-order chi connectivity index (χ0) is 27.6. The van der Waals surface area contributed by atoms with Gasteiger partial charge in [0.1, 0.15) is 4.83 Å². The van der Waals surface area contributed by atoms with Crippen molar-refractivity contribution in [2.75, 3.05) is 11.1 Å². The fraction of sp³-hybridized carbons (Fsp3) is 0.161. The molecule has 0 fully saturated rings. The maximum atomic E-state index is 13.1. The Morgan fingerprint density at radius 3 is 2.62 bits per heavy atom. The van der Waals surface area contributed by atoms with E-state index in [-0.39, 0.29) is 23.0 Å². The monoisotopic (exact) mass is 585 g/mol. The van der Waals surface area contributed by atoms with Gasteiger partial charge in [-0.1, -0.05) is 71.9 Å². The minimum Gasteiger partial charge on any atom is -0.325 e. The molecule has 200 valence electrons. The number of anilines is 1. The van der Waals surface area contributed by atoms with Crippen molar-refractivity contribution < 1.29 is 9.59 Å². The first-order valence-corrected chi connectivity index (χ1v) is 15.2. The highest BCUT2D eigenvalue weighted by Crippen LogP contribution is 2.34. The van der Waals surface area contributed by atoms with Crippen molar-refractivity contribution in [2.24, 2.45) is 0 Å². The molecule has 5 aromatic rings. The normalized spacial score (nSPS) is 12.7. The second-order valence-electron chi connectivity index (χ2n) is 9.61. The van der Waals surface area contributed by atoms with Crippen LogP contribution in [-0.2, 0) is 17.6 Å². The number of aromatic nitrogens is 2. The SMILES string of the molecule is O=C(CSc1nc2scc(-c3ccc4c(c3)CCCC4)c2c(=O)[nH]1)Nc1ccc(Cl)cc1C(=O)c1ccccc1. The standard InChI is InChI=1S/C31H24ClN3O3S2/c32-22-12-13-25(23(15-22)28(37)19-7-2-1-3-8-19)33-26(36)17-40-31-34-29(38)27-24(16-39-30(27)35-31)21-11-10-18-6-4-5-9-20(18)14-21/h1-3,7-8,10-16H,4-6,9,17H2,(H,33,36)(H,34,35,38). The summed E-state index contributed by atoms with van der Waals surface area (Å²) in [6.45, 7) is 0. The first-order chi connectivity index (χ1) is 19.5. The lowest BCUT2D eigenvalue weighted by atomic mass is 9.89. The van der Waals surface area contributed by atoms with Gasteiger partial charge in [-0.3, -0.25) is 14.4 Å². The lowest BCUT2D eigenvalue weighted by Crippen LogP contribution is -2.17. The number of benzene rings is 3. The fourth-order valence-electron chi connectivity index (χ4n) is 4.99. The van der Waals surface area contributed by atoms with Crippen molar-refractivity contribution >= 4 is 62.3 Å². The third-order valence-electron chi connectivity index (χ3n) is 6.96. The predicted molar refractivity (Wildman–Crippen MR) is 163 cm³/mol. The Labute approximate surface area is 243 Å². The number of halogens is 1. The molecule has 3 aromatic carbocycles. The molecular weight excluding hydrogens is 562 g/mol. The molecule has 40 heavy (non-hydrogen) atoms. The molecule has 0 bridgehead atoms. The summed E-state index contributed by atoms with van der Waals surface area (Å²) >= 11 is 8.70. The van der Waals surface area contributed by atoms with Gasteiger partial charge < -0.3 is 10.3 Å². The van der Waals surface area contributed by atoms with E-state index >= 15 is 0 Å². The van der Waals surface area contributed by atoms with Crippen LogP contribution < -0.4 is 10.9 Å². The number of amides is 1. The van der Waals surface area contributed by atoms with Crippen LogP contribution in [0.4, 0.5) is 5.69 Å². The van der Waals surface area contributed by atoms with Crippen molar-refractivity contribution in [1.29, 1.82) is 0 Å². The van der Waals surface area contributed by atoms with E-state index in [1.54, 1.807) is 42.5 Å². The third-order valence-corrected chi connectivity index (χ3v) is 8.94. The number of hydrogen-bond donors (Lipinski definition) is 2. The maximum absolute atomic E-state index is 13.1. The molecule has 0 atom stereocenters. The van der Waals surface area contributed by atoms with Crippen molar-refractivity contribution in [3.63, 3.8) is 0 Å². The second kappa shape index (κ2) is 11.4. The van der Waals surface area contributed by atoms with Gasteiger partial charge in [0.2, 0.25) is 5.91 Å². The van der Waals surface area contributed by atoms with E-state index < -0.39 is 0 Å². The Hall–Kier alpha value is -3.72. The quantitative estimate of drug-likeness (QED) is 0.120. The van der Waals surface area contributed by atoms with Crippen LogP contribution in [0.1, 0.15) is 39.9 Å². The molecule has 2 N–H and O–H groups in total. The molecule has 2 aromatic heterocycles. The van der Waals surface area contributed by atoms with Gasteiger partial charge >= 0.3 is 0 Å². The summed E-state index contributed by atoms with van der Waals surface area (Å²) in [7, 11) is 0. The summed E-state index contributed by atoms with van der Waals surface area (Å²) in [4.78, 5) is 47.1. The lowest BCUT2D eigenvalue weighted by Gasteiger charge is -2.16. The summed E-state index contributed by atoms with van der Waals surface area (Å²) in [6, 6.07) is 20.1. The van der Waals surface area contributed by atoms with Gasteiger partial charge in [-0.25, -0.2) is 4.98 Å². The van der Waals surface area contributed by atoms with Crippen LogP contribution >= 0.6 is 34.7 Å². The Balaban J connectivity index is 1.18. The molecule has 1 aliphatic rings. The number of nitrogens with zero attached hydrogens (tertiary/aromatic N) is 1. The molecule has 6 nitrogen and oxygen atoms in total. The van der Waals surface area contributed by atoms with Crippen molar-refractivity contribution in [2.45, 2.75) is 30.8 Å². The summed E-state index contributed by atoms with van der Waals surface area (Å²) in [5.74, 6) is -0.577. The molecule has 6 rings (SSSR count). The molecule has 0 unspecified atom stereocenters. The molecule has 0 spiro atoms. The predicted octanol–water partition coefficient (Wildman–Crippen LogP) is 7.15. The summed E-state index contributed by atoms with van der Waals surface area (Å²) in [5, 5.41) is 6.11. The minimum atomic E-state index is -0.335. The summed E-state index contributed by atoms with van der Waals surface area (Å²) in [6.07, 6.45) is 4.60. The first kappa shape index (κ1) is 26.5. The average molecular weight is 586 g/mol. The molecule has 0 saturated carbocycles. The van der Waals surface area contributed by atoms with Crippen LogP contribution in [0.3, 0.4) is 0 Å². The number of aryl methyl sites for hydroxylation is 2. The highest BCUT2D eigenvalue weighted by molar-refractivity contribution is 7.99. The fourth-order valence-corrected chi connectivity index (χ4v) is 6.83. The summed E-state index contributed by atoms with van der Waals surface area (Å²) < 4.78 is 0. The summed E-state index contributed by atoms with van der Waals surface area (Å²) in [5.41, 5.74) is 5.61. The van der Waals surface area contributed by atoms with Gasteiger partial charge in [-0.05, 0) is 60.6 Å². The number of hydrogen-bond acceptors (Lipinski definition) is 6. The topological polar surface area (TPSA) is 91.9 Å². The van der Waals surface area contributed by atoms with Crippen LogP contribution in [0.2, 0.25) is 5.02 Å². The number of carbonyl (C=O) groups is 2. The van der Waals surface area contributed by atoms with Crippen LogP contribution in [-0.4, -0.2) is 27.4 Å². The lowest BCUT2D eigenvalue weighted by molar-refractivity contribution is -0.113. The van der Waals surface area contributed by atoms with Crippen LogP contribution in [0.5, 0.6) is 0 Å². The molecular formula is C31H24ClN3O3S2. The number of thiophene rings is 1. The zero-order valence-electron chi connectivity index (χ0n) is 21.3. The molecule has 1 aliphatic carbocycles. The van der Waals surface area contributed by atoms with E-state index in [2.05, 4.69) is 33.5 Å². The Kier molecular flexibility index (Phi) is 7.56. The van der Waals surface area contributed by atoms with Gasteiger partial charge in [-0.15, -0.1) is 11.3 Å². The van der Waals surface area contributed by atoms with E-state index in [4.69, 9.17) is 11.6 Å². The number of ketones is 1. The van der Waals surface area contributed by atoms with Gasteiger partial charge in [0.25, 0.3) is 5.56 Å². The Morgan fingerprint density at radius 1 is 1.00 bits per heavy atom. The molecule has 0 aliphatic heterocycles. The number of H-pyrrole nitrogens is 1. The largest absolute Gasteiger partial charge is 0.325 e. The highest BCUT2D eigenvalue weighted by atomic mass is 35.5. The number of carbonyl (C=O) groups excluding carboxylic acids is 2. The van der Waals surface area contributed by atoms with Crippen LogP contribution in [0.15, 0.2) is 82.1 Å². The number of aromatic amines is 1. The average Bonchev–Trinajstić information content (AvgIpc) is 3.41. The van der Waals surface area contributed by atoms with E-state index in [1.807, 2.05) is 11.4 Å². The van der Waals surface area contributed by atoms with Crippen LogP contribution in [0, 0.1) is 0 Å². The molecule has 0 radical (unpaired) electrons. The third kappa shape index (κ3) is 5.47. The van der Waals surface area contributed by atoms with Crippen LogP contribution in [0.25, 0.3) is 21.3 Å². The van der Waals surface area contributed by atoms with Crippen molar-refractivity contribution in [3.05, 3.63) is 110 Å². The molecule has 2 heterocycles. The van der Waals surface area contributed by atoms with E-state index in [0.717, 1.165) is 35.7 Å².